The van der Waals surface area contributed by atoms with Gasteiger partial charge in [0.25, 0.3) is 5.91 Å². The molecule has 0 aliphatic carbocycles. The van der Waals surface area contributed by atoms with Crippen molar-refractivity contribution in [3.8, 4) is 6.07 Å². The summed E-state index contributed by atoms with van der Waals surface area (Å²) in [6.45, 7) is 2.56. The predicted molar refractivity (Wildman–Crippen MR) is 81.7 cm³/mol. The molecule has 1 aromatic carbocycles. The Kier molecular flexibility index (Phi) is 6.92. The minimum absolute atomic E-state index is 0.0305. The largest absolute Gasteiger partial charge is 0.358 e. The molecule has 0 aliphatic rings. The first-order valence-electron chi connectivity index (χ1n) is 6.19. The summed E-state index contributed by atoms with van der Waals surface area (Å²) in [6, 6.07) is 6.88. The van der Waals surface area contributed by atoms with E-state index in [2.05, 4.69) is 10.6 Å². The molecule has 0 spiro atoms. The third kappa shape index (κ3) is 4.76. The molecule has 0 radical (unpaired) electrons. The van der Waals surface area contributed by atoms with Crippen molar-refractivity contribution in [2.75, 3.05) is 11.9 Å². The van der Waals surface area contributed by atoms with Gasteiger partial charge >= 0.3 is 0 Å². The van der Waals surface area contributed by atoms with Gasteiger partial charge in [0.05, 0.1) is 15.7 Å². The van der Waals surface area contributed by atoms with E-state index in [-0.39, 0.29) is 5.57 Å². The zero-order valence-corrected chi connectivity index (χ0v) is 12.6. The number of hydrogen-bond donors (Lipinski definition) is 2. The Morgan fingerprint density at radius 1 is 1.40 bits per heavy atom. The molecule has 0 aromatic heterocycles. The number of hydrogen-bond acceptors (Lipinski definition) is 3. The van der Waals surface area contributed by atoms with Crippen LogP contribution in [0.2, 0.25) is 10.0 Å². The van der Waals surface area contributed by atoms with Gasteiger partial charge in [0.1, 0.15) is 11.6 Å². The summed E-state index contributed by atoms with van der Waals surface area (Å²) in [5.74, 6) is -0.420. The Labute approximate surface area is 128 Å². The Balaban J connectivity index is 2.76. The second-order valence-electron chi connectivity index (χ2n) is 4.02. The standard InChI is InChI=1S/C14H15Cl2N3O/c1-2-3-7-18-14(20)10(8-17)9-19-13-11(15)5-4-6-12(13)16/h4-6,9,19H,2-3,7H2,1H3,(H,18,20)/b10-9-. The van der Waals surface area contributed by atoms with Gasteiger partial charge in [0, 0.05) is 12.7 Å². The molecule has 6 heteroatoms. The summed E-state index contributed by atoms with van der Waals surface area (Å²) in [6.07, 6.45) is 3.14. The van der Waals surface area contributed by atoms with Gasteiger partial charge in [-0.15, -0.1) is 0 Å². The molecule has 0 saturated carbocycles. The molecule has 2 N–H and O–H groups in total. The summed E-state index contributed by atoms with van der Waals surface area (Å²) < 4.78 is 0. The normalized spacial score (nSPS) is 10.8. The monoisotopic (exact) mass is 311 g/mol. The smallest absolute Gasteiger partial charge is 0.263 e. The summed E-state index contributed by atoms with van der Waals surface area (Å²) in [7, 11) is 0. The van der Waals surface area contributed by atoms with Crippen LogP contribution < -0.4 is 10.6 Å². The van der Waals surface area contributed by atoms with Gasteiger partial charge in [0.15, 0.2) is 0 Å². The highest BCUT2D eigenvalue weighted by Crippen LogP contribution is 2.29. The number of amides is 1. The van der Waals surface area contributed by atoms with E-state index in [0.29, 0.717) is 22.3 Å². The molecule has 0 atom stereocenters. The van der Waals surface area contributed by atoms with E-state index in [4.69, 9.17) is 28.5 Å². The lowest BCUT2D eigenvalue weighted by atomic mass is 10.2. The van der Waals surface area contributed by atoms with E-state index in [1.807, 2.05) is 13.0 Å². The number of carbonyl (C=O) groups excluding carboxylic acids is 1. The molecule has 0 heterocycles. The highest BCUT2D eigenvalue weighted by molar-refractivity contribution is 6.39. The van der Waals surface area contributed by atoms with Crippen LogP contribution in [0.3, 0.4) is 0 Å². The van der Waals surface area contributed by atoms with Crippen molar-refractivity contribution < 1.29 is 4.79 Å². The van der Waals surface area contributed by atoms with Crippen molar-refractivity contribution in [2.45, 2.75) is 19.8 Å². The second-order valence-corrected chi connectivity index (χ2v) is 4.83. The molecule has 1 rings (SSSR count). The maximum atomic E-state index is 11.7. The fourth-order valence-corrected chi connectivity index (χ4v) is 1.91. The third-order valence-corrected chi connectivity index (χ3v) is 3.13. The third-order valence-electron chi connectivity index (χ3n) is 2.50. The van der Waals surface area contributed by atoms with E-state index >= 15 is 0 Å². The van der Waals surface area contributed by atoms with Crippen molar-refractivity contribution in [1.29, 1.82) is 5.26 Å². The fourth-order valence-electron chi connectivity index (χ4n) is 1.40. The summed E-state index contributed by atoms with van der Waals surface area (Å²) >= 11 is 12.0. The predicted octanol–water partition coefficient (Wildman–Crippen LogP) is 3.73. The molecule has 4 nitrogen and oxygen atoms in total. The molecule has 0 bridgehead atoms. The number of nitriles is 1. The molecule has 0 aliphatic heterocycles. The number of anilines is 1. The Morgan fingerprint density at radius 3 is 2.60 bits per heavy atom. The number of rotatable bonds is 6. The first-order chi connectivity index (χ1) is 9.60. The first kappa shape index (κ1) is 16.4. The van der Waals surface area contributed by atoms with Gasteiger partial charge in [0.2, 0.25) is 0 Å². The zero-order valence-electron chi connectivity index (χ0n) is 11.0. The lowest BCUT2D eigenvalue weighted by Crippen LogP contribution is -2.25. The van der Waals surface area contributed by atoms with Crippen LogP contribution >= 0.6 is 23.2 Å². The minimum atomic E-state index is -0.420. The summed E-state index contributed by atoms with van der Waals surface area (Å²) in [5.41, 5.74) is 0.432. The maximum absolute atomic E-state index is 11.7. The number of para-hydroxylation sites is 1. The molecular weight excluding hydrogens is 297 g/mol. The Morgan fingerprint density at radius 2 is 2.05 bits per heavy atom. The van der Waals surface area contributed by atoms with Crippen LogP contribution in [0.15, 0.2) is 30.0 Å². The van der Waals surface area contributed by atoms with Crippen molar-refractivity contribution >= 4 is 34.8 Å². The molecule has 0 fully saturated rings. The van der Waals surface area contributed by atoms with E-state index in [9.17, 15) is 4.79 Å². The van der Waals surface area contributed by atoms with Crippen LogP contribution in [0.4, 0.5) is 5.69 Å². The zero-order chi connectivity index (χ0) is 15.0. The number of halogens is 2. The Bertz CT molecular complexity index is 530. The summed E-state index contributed by atoms with van der Waals surface area (Å²) in [5, 5.41) is 15.3. The van der Waals surface area contributed by atoms with Crippen LogP contribution in [-0.2, 0) is 4.79 Å². The second kappa shape index (κ2) is 8.47. The van der Waals surface area contributed by atoms with Crippen LogP contribution in [-0.4, -0.2) is 12.5 Å². The minimum Gasteiger partial charge on any atom is -0.358 e. The van der Waals surface area contributed by atoms with Gasteiger partial charge in [-0.25, -0.2) is 0 Å². The van der Waals surface area contributed by atoms with Crippen molar-refractivity contribution in [2.24, 2.45) is 0 Å². The maximum Gasteiger partial charge on any atom is 0.263 e. The van der Waals surface area contributed by atoms with Gasteiger partial charge in [-0.1, -0.05) is 42.6 Å². The first-order valence-corrected chi connectivity index (χ1v) is 6.94. The number of benzene rings is 1. The van der Waals surface area contributed by atoms with Gasteiger partial charge in [-0.05, 0) is 18.6 Å². The van der Waals surface area contributed by atoms with Gasteiger partial charge in [-0.3, -0.25) is 4.79 Å². The molecule has 1 amide bonds. The number of unbranched alkanes of at least 4 members (excludes halogenated alkanes) is 1. The molecule has 0 saturated heterocycles. The topological polar surface area (TPSA) is 64.9 Å². The number of nitrogens with one attached hydrogen (secondary N) is 2. The average Bonchev–Trinajstić information content (AvgIpc) is 2.42. The lowest BCUT2D eigenvalue weighted by Gasteiger charge is -2.07. The van der Waals surface area contributed by atoms with Crippen molar-refractivity contribution in [1.82, 2.24) is 5.32 Å². The summed E-state index contributed by atoms with van der Waals surface area (Å²) in [4.78, 5) is 11.7. The quantitative estimate of drug-likeness (QED) is 0.478. The number of nitrogens with zero attached hydrogens (tertiary/aromatic N) is 1. The molecule has 106 valence electrons. The van der Waals surface area contributed by atoms with Crippen molar-refractivity contribution in [3.05, 3.63) is 40.0 Å². The lowest BCUT2D eigenvalue weighted by molar-refractivity contribution is -0.117. The van der Waals surface area contributed by atoms with Gasteiger partial charge < -0.3 is 10.6 Å². The van der Waals surface area contributed by atoms with Crippen LogP contribution in [0.5, 0.6) is 0 Å². The highest BCUT2D eigenvalue weighted by atomic mass is 35.5. The molecule has 0 unspecified atom stereocenters. The number of carbonyl (C=O) groups is 1. The van der Waals surface area contributed by atoms with Crippen molar-refractivity contribution in [3.63, 3.8) is 0 Å². The van der Waals surface area contributed by atoms with E-state index in [1.165, 1.54) is 6.20 Å². The van der Waals surface area contributed by atoms with E-state index in [0.717, 1.165) is 12.8 Å². The van der Waals surface area contributed by atoms with Gasteiger partial charge in [-0.2, -0.15) is 5.26 Å². The Hall–Kier alpha value is -1.70. The van der Waals surface area contributed by atoms with Crippen LogP contribution in [0.25, 0.3) is 0 Å². The van der Waals surface area contributed by atoms with E-state index < -0.39 is 5.91 Å². The van der Waals surface area contributed by atoms with Crippen LogP contribution in [0.1, 0.15) is 19.8 Å². The van der Waals surface area contributed by atoms with Crippen LogP contribution in [0, 0.1) is 11.3 Å². The molecule has 20 heavy (non-hydrogen) atoms. The molecular formula is C14H15Cl2N3O. The highest BCUT2D eigenvalue weighted by Gasteiger charge is 2.09. The molecule has 1 aromatic rings. The SMILES string of the molecule is CCCCNC(=O)/C(C#N)=C\Nc1c(Cl)cccc1Cl. The average molecular weight is 312 g/mol. The van der Waals surface area contributed by atoms with E-state index in [1.54, 1.807) is 18.2 Å². The fraction of sp³-hybridized carbons (Fsp3) is 0.286.